The summed E-state index contributed by atoms with van der Waals surface area (Å²) in [6.07, 6.45) is 4.10. The van der Waals surface area contributed by atoms with Crippen LogP contribution in [0, 0.1) is 11.7 Å². The lowest BCUT2D eigenvalue weighted by Crippen LogP contribution is -2.49. The Morgan fingerprint density at radius 1 is 1.17 bits per heavy atom. The smallest absolute Gasteiger partial charge is 0.246 e. The molecule has 2 atom stereocenters. The fourth-order valence-electron chi connectivity index (χ4n) is 3.21. The fourth-order valence-corrected chi connectivity index (χ4v) is 4.74. The standard InChI is InChI=1S/C20H23FN4O4S/c1-14(19(26)24-17-8-10-22-11-9-17)23-20(27)15-3-2-12-25(13-15)30(28,29)18-6-4-16(21)5-7-18/h4-11,14-15H,2-3,12-13H2,1H3,(H,23,27)(H,22,24,26)/t14-,15+/m1/s1. The van der Waals surface area contributed by atoms with Gasteiger partial charge in [-0.05, 0) is 56.2 Å². The third-order valence-electron chi connectivity index (χ3n) is 4.91. The summed E-state index contributed by atoms with van der Waals surface area (Å²) < 4.78 is 39.9. The van der Waals surface area contributed by atoms with E-state index in [-0.39, 0.29) is 29.8 Å². The molecule has 1 aromatic heterocycles. The Hall–Kier alpha value is -2.85. The minimum absolute atomic E-state index is 0.00420. The van der Waals surface area contributed by atoms with Gasteiger partial charge in [0.05, 0.1) is 10.8 Å². The number of aromatic nitrogens is 1. The van der Waals surface area contributed by atoms with Gasteiger partial charge in [0.25, 0.3) is 0 Å². The summed E-state index contributed by atoms with van der Waals surface area (Å²) in [4.78, 5) is 28.8. The van der Waals surface area contributed by atoms with Gasteiger partial charge >= 0.3 is 0 Å². The topological polar surface area (TPSA) is 108 Å². The molecule has 1 fully saturated rings. The Morgan fingerprint density at radius 3 is 2.50 bits per heavy atom. The van der Waals surface area contributed by atoms with Crippen LogP contribution in [0.15, 0.2) is 53.7 Å². The van der Waals surface area contributed by atoms with Crippen molar-refractivity contribution >= 4 is 27.5 Å². The molecule has 2 amide bonds. The van der Waals surface area contributed by atoms with Gasteiger partial charge in [-0.2, -0.15) is 4.31 Å². The van der Waals surface area contributed by atoms with Crippen LogP contribution in [0.2, 0.25) is 0 Å². The van der Waals surface area contributed by atoms with Crippen LogP contribution in [0.25, 0.3) is 0 Å². The maximum atomic E-state index is 13.1. The molecule has 2 N–H and O–H groups in total. The van der Waals surface area contributed by atoms with Gasteiger partial charge in [0.1, 0.15) is 11.9 Å². The van der Waals surface area contributed by atoms with Gasteiger partial charge in [-0.1, -0.05) is 0 Å². The third-order valence-corrected chi connectivity index (χ3v) is 6.79. The summed E-state index contributed by atoms with van der Waals surface area (Å²) in [5.74, 6) is -1.87. The van der Waals surface area contributed by atoms with E-state index in [1.54, 1.807) is 19.1 Å². The summed E-state index contributed by atoms with van der Waals surface area (Å²) in [7, 11) is -3.83. The maximum Gasteiger partial charge on any atom is 0.246 e. The summed E-state index contributed by atoms with van der Waals surface area (Å²) in [6.45, 7) is 1.84. The first-order valence-electron chi connectivity index (χ1n) is 9.54. The van der Waals surface area contributed by atoms with Crippen molar-refractivity contribution in [2.75, 3.05) is 18.4 Å². The second kappa shape index (κ2) is 9.31. The van der Waals surface area contributed by atoms with E-state index >= 15 is 0 Å². The molecule has 0 unspecified atom stereocenters. The monoisotopic (exact) mass is 434 g/mol. The highest BCUT2D eigenvalue weighted by atomic mass is 32.2. The van der Waals surface area contributed by atoms with E-state index in [9.17, 15) is 22.4 Å². The van der Waals surface area contributed by atoms with Crippen molar-refractivity contribution < 1.29 is 22.4 Å². The number of anilines is 1. The zero-order chi connectivity index (χ0) is 21.7. The highest BCUT2D eigenvalue weighted by molar-refractivity contribution is 7.89. The number of pyridine rings is 1. The van der Waals surface area contributed by atoms with Crippen LogP contribution in [0.4, 0.5) is 10.1 Å². The van der Waals surface area contributed by atoms with Crippen LogP contribution < -0.4 is 10.6 Å². The molecule has 1 aliphatic heterocycles. The molecule has 0 radical (unpaired) electrons. The zero-order valence-corrected chi connectivity index (χ0v) is 17.2. The van der Waals surface area contributed by atoms with Crippen molar-refractivity contribution in [3.05, 3.63) is 54.6 Å². The molecule has 2 heterocycles. The number of benzene rings is 1. The lowest BCUT2D eigenvalue weighted by molar-refractivity contribution is -0.129. The van der Waals surface area contributed by atoms with E-state index in [2.05, 4.69) is 15.6 Å². The lowest BCUT2D eigenvalue weighted by atomic mass is 9.98. The van der Waals surface area contributed by atoms with Gasteiger partial charge in [0, 0.05) is 31.2 Å². The number of hydrogen-bond donors (Lipinski definition) is 2. The molecule has 10 heteroatoms. The third kappa shape index (κ3) is 5.19. The van der Waals surface area contributed by atoms with Crippen molar-refractivity contribution in [3.63, 3.8) is 0 Å². The maximum absolute atomic E-state index is 13.1. The highest BCUT2D eigenvalue weighted by Gasteiger charge is 2.34. The Balaban J connectivity index is 1.61. The number of carbonyl (C=O) groups excluding carboxylic acids is 2. The molecule has 1 saturated heterocycles. The molecule has 30 heavy (non-hydrogen) atoms. The molecule has 160 valence electrons. The van der Waals surface area contributed by atoms with Crippen molar-refractivity contribution in [2.45, 2.75) is 30.7 Å². The molecule has 8 nitrogen and oxygen atoms in total. The van der Waals surface area contributed by atoms with E-state index in [1.807, 2.05) is 0 Å². The first-order chi connectivity index (χ1) is 14.3. The van der Waals surface area contributed by atoms with E-state index in [0.717, 1.165) is 12.1 Å². The van der Waals surface area contributed by atoms with E-state index in [4.69, 9.17) is 0 Å². The van der Waals surface area contributed by atoms with Gasteiger partial charge in [0.2, 0.25) is 21.8 Å². The number of nitrogens with zero attached hydrogens (tertiary/aromatic N) is 2. The van der Waals surface area contributed by atoms with Gasteiger partial charge in [-0.25, -0.2) is 12.8 Å². The first-order valence-corrected chi connectivity index (χ1v) is 11.0. The van der Waals surface area contributed by atoms with E-state index in [0.29, 0.717) is 18.5 Å². The largest absolute Gasteiger partial charge is 0.344 e. The molecule has 1 aliphatic rings. The second-order valence-electron chi connectivity index (χ2n) is 7.11. The minimum atomic E-state index is -3.83. The SMILES string of the molecule is C[C@@H](NC(=O)[C@H]1CCCN(S(=O)(=O)c2ccc(F)cc2)C1)C(=O)Nc1ccncc1. The highest BCUT2D eigenvalue weighted by Crippen LogP contribution is 2.24. The van der Waals surface area contributed by atoms with E-state index < -0.39 is 27.8 Å². The normalized spacial score (nSPS) is 18.4. The van der Waals surface area contributed by atoms with Crippen molar-refractivity contribution in [1.82, 2.24) is 14.6 Å². The number of nitrogens with one attached hydrogen (secondary N) is 2. The van der Waals surface area contributed by atoms with Crippen LogP contribution in [-0.4, -0.2) is 48.7 Å². The predicted octanol–water partition coefficient (Wildman–Crippen LogP) is 1.76. The predicted molar refractivity (Wildman–Crippen MR) is 108 cm³/mol. The quantitative estimate of drug-likeness (QED) is 0.720. The number of rotatable bonds is 6. The van der Waals surface area contributed by atoms with E-state index in [1.165, 1.54) is 28.8 Å². The second-order valence-corrected chi connectivity index (χ2v) is 9.05. The molecule has 0 bridgehead atoms. The zero-order valence-electron chi connectivity index (χ0n) is 16.4. The number of hydrogen-bond acceptors (Lipinski definition) is 5. The average Bonchev–Trinajstić information content (AvgIpc) is 2.74. The molecular weight excluding hydrogens is 411 g/mol. The molecule has 0 saturated carbocycles. The molecule has 3 rings (SSSR count). The Labute approximate surface area is 174 Å². The number of piperidine rings is 1. The average molecular weight is 434 g/mol. The molecular formula is C20H23FN4O4S. The lowest BCUT2D eigenvalue weighted by Gasteiger charge is -2.31. The van der Waals surface area contributed by atoms with Crippen molar-refractivity contribution in [2.24, 2.45) is 5.92 Å². The number of halogens is 1. The summed E-state index contributed by atoms with van der Waals surface area (Å²) in [5.41, 5.74) is 0.560. The Morgan fingerprint density at radius 2 is 1.83 bits per heavy atom. The number of carbonyl (C=O) groups is 2. The summed E-state index contributed by atoms with van der Waals surface area (Å²) >= 11 is 0. The van der Waals surface area contributed by atoms with Gasteiger partial charge in [0.15, 0.2) is 0 Å². The van der Waals surface area contributed by atoms with Crippen molar-refractivity contribution in [1.29, 1.82) is 0 Å². The van der Waals surface area contributed by atoms with Gasteiger partial charge in [-0.15, -0.1) is 0 Å². The Bertz CT molecular complexity index is 999. The number of amides is 2. The summed E-state index contributed by atoms with van der Waals surface area (Å²) in [6, 6.07) is 7.06. The fraction of sp³-hybridized carbons (Fsp3) is 0.350. The molecule has 0 spiro atoms. The van der Waals surface area contributed by atoms with Crippen LogP contribution in [0.5, 0.6) is 0 Å². The van der Waals surface area contributed by atoms with Crippen molar-refractivity contribution in [3.8, 4) is 0 Å². The van der Waals surface area contributed by atoms with Crippen LogP contribution in [-0.2, 0) is 19.6 Å². The van der Waals surface area contributed by atoms with Crippen LogP contribution in [0.3, 0.4) is 0 Å². The Kier molecular flexibility index (Phi) is 6.78. The van der Waals surface area contributed by atoms with Gasteiger partial charge < -0.3 is 10.6 Å². The summed E-state index contributed by atoms with van der Waals surface area (Å²) in [5, 5.41) is 5.33. The number of sulfonamides is 1. The van der Waals surface area contributed by atoms with Crippen LogP contribution in [0.1, 0.15) is 19.8 Å². The van der Waals surface area contributed by atoms with Crippen LogP contribution >= 0.6 is 0 Å². The molecule has 1 aromatic carbocycles. The minimum Gasteiger partial charge on any atom is -0.344 e. The molecule has 2 aromatic rings. The van der Waals surface area contributed by atoms with Gasteiger partial charge in [-0.3, -0.25) is 14.6 Å². The molecule has 0 aliphatic carbocycles. The first kappa shape index (κ1) is 21.8.